The first-order valence-electron chi connectivity index (χ1n) is 25.7. The summed E-state index contributed by atoms with van der Waals surface area (Å²) >= 11 is 0. The van der Waals surface area contributed by atoms with Gasteiger partial charge in [0.2, 0.25) is 17.6 Å². The molecular weight excluding hydrogens is 983 g/mol. The molecule has 0 aromatic heterocycles. The van der Waals surface area contributed by atoms with Crippen LogP contribution in [0.3, 0.4) is 0 Å². The van der Waals surface area contributed by atoms with E-state index >= 15 is 4.79 Å². The summed E-state index contributed by atoms with van der Waals surface area (Å²) in [5.41, 5.74) is 0.873. The van der Waals surface area contributed by atoms with Crippen molar-refractivity contribution in [3.05, 3.63) is 149 Å². The number of hydrogen-bond donors (Lipinski definition) is 6. The lowest BCUT2D eigenvalue weighted by Crippen LogP contribution is -2.70. The van der Waals surface area contributed by atoms with Gasteiger partial charge in [-0.25, -0.2) is 0 Å². The van der Waals surface area contributed by atoms with Crippen LogP contribution in [0.2, 0.25) is 0 Å². The molecular formula is C57H67N3O16. The molecule has 4 heterocycles. The molecule has 406 valence electrons. The first-order valence-corrected chi connectivity index (χ1v) is 25.7. The van der Waals surface area contributed by atoms with Crippen molar-refractivity contribution in [1.29, 1.82) is 0 Å². The number of nitrogens with one attached hydrogen (secondary N) is 1. The van der Waals surface area contributed by atoms with E-state index in [1.807, 2.05) is 115 Å². The number of likely N-dealkylation sites (N-methyl/N-ethyl adjacent to an activating group) is 1. The minimum Gasteiger partial charge on any atom is -0.460 e. The van der Waals surface area contributed by atoms with Gasteiger partial charge >= 0.3 is 11.9 Å². The second kappa shape index (κ2) is 23.0. The third-order valence-corrected chi connectivity index (χ3v) is 14.8. The highest BCUT2D eigenvalue weighted by molar-refractivity contribution is 5.96. The molecule has 13 atom stereocenters. The van der Waals surface area contributed by atoms with Crippen molar-refractivity contribution < 1.29 is 78.0 Å². The Morgan fingerprint density at radius 1 is 0.855 bits per heavy atom. The lowest BCUT2D eigenvalue weighted by atomic mass is 9.62. The third kappa shape index (κ3) is 11.0. The zero-order valence-corrected chi connectivity index (χ0v) is 42.8. The van der Waals surface area contributed by atoms with E-state index in [9.17, 15) is 39.9 Å². The maximum atomic E-state index is 16.2. The van der Waals surface area contributed by atoms with E-state index in [-0.39, 0.29) is 38.8 Å². The summed E-state index contributed by atoms with van der Waals surface area (Å²) < 4.78 is 37.3. The summed E-state index contributed by atoms with van der Waals surface area (Å²) in [5, 5.41) is 55.5. The van der Waals surface area contributed by atoms with Gasteiger partial charge in [-0.3, -0.25) is 24.0 Å². The number of amides is 2. The Hall–Kier alpha value is -5.94. The fraction of sp³-hybridized carbons (Fsp3) is 0.474. The molecule has 76 heavy (non-hydrogen) atoms. The van der Waals surface area contributed by atoms with Crippen LogP contribution in [-0.2, 0) is 71.2 Å². The molecule has 19 nitrogen and oxygen atoms in total. The molecule has 1 aliphatic carbocycles. The van der Waals surface area contributed by atoms with Crippen LogP contribution in [-0.4, -0.2) is 165 Å². The number of carbonyl (C=O) groups is 4. The Balaban J connectivity index is 1.06. The van der Waals surface area contributed by atoms with E-state index in [0.717, 1.165) is 5.56 Å². The second-order valence-electron chi connectivity index (χ2n) is 21.0. The monoisotopic (exact) mass is 1050 g/mol. The summed E-state index contributed by atoms with van der Waals surface area (Å²) in [6.07, 6.45) is -8.07. The van der Waals surface area contributed by atoms with Crippen LogP contribution in [0.4, 0.5) is 0 Å². The molecule has 19 heteroatoms. The number of nitrogens with zero attached hydrogens (tertiary/aromatic N) is 2. The molecule has 2 bridgehead atoms. The number of carbonyl (C=O) groups excluding carboxylic acids is 4. The predicted molar refractivity (Wildman–Crippen MR) is 271 cm³/mol. The highest BCUT2D eigenvalue weighted by Gasteiger charge is 2.77. The number of benzene rings is 4. The summed E-state index contributed by atoms with van der Waals surface area (Å²) in [6.45, 7) is 3.96. The highest BCUT2D eigenvalue weighted by atomic mass is 16.8. The smallest absolute Gasteiger partial charge is 0.327 e. The van der Waals surface area contributed by atoms with Crippen LogP contribution >= 0.6 is 0 Å². The van der Waals surface area contributed by atoms with Gasteiger partial charge in [0.05, 0.1) is 32.4 Å². The van der Waals surface area contributed by atoms with E-state index in [1.165, 1.54) is 17.0 Å². The maximum absolute atomic E-state index is 16.2. The molecule has 0 spiro atoms. The normalized spacial score (nSPS) is 29.5. The molecule has 1 saturated carbocycles. The average Bonchev–Trinajstić information content (AvgIpc) is 4.00. The van der Waals surface area contributed by atoms with E-state index in [0.29, 0.717) is 22.3 Å². The standard InChI is InChI=1S/C57H67N3O16/c1-55(2,3)73-43(63)27-26-39(32-61)58-51(67)40(29-34-17-8-5-9-18-34)59(4)54(69)56-30-41-47-48(75-57(74-47,37-22-10-6-11-23-37)38-24-12-7-13-25-38)50(56)76-60(49(56)52(68)71-41)31-36-20-15-14-19-35(36)21-16-28-70-53-46(66)45(65)44(64)42(33-62)72-53/h5-25,39-42,44-50,53,61-62,64-66H,26-33H2,1-4H3,(H,58,67). The number of aliphatic hydroxyl groups is 5. The molecule has 2 amide bonds. The van der Waals surface area contributed by atoms with E-state index in [1.54, 1.807) is 32.9 Å². The van der Waals surface area contributed by atoms with Crippen molar-refractivity contribution in [2.45, 2.75) is 138 Å². The number of ether oxygens (including phenoxy) is 6. The number of esters is 2. The van der Waals surface area contributed by atoms with E-state index in [2.05, 4.69) is 5.32 Å². The number of hydrogen-bond acceptors (Lipinski definition) is 17. The van der Waals surface area contributed by atoms with Gasteiger partial charge in [0.15, 0.2) is 12.3 Å². The van der Waals surface area contributed by atoms with Gasteiger partial charge < -0.3 is 64.2 Å². The van der Waals surface area contributed by atoms with Gasteiger partial charge in [0.25, 0.3) is 0 Å². The Kier molecular flexibility index (Phi) is 16.6. The lowest BCUT2D eigenvalue weighted by Gasteiger charge is -2.50. The van der Waals surface area contributed by atoms with Crippen LogP contribution in [0.25, 0.3) is 6.08 Å². The minimum absolute atomic E-state index is 0.0413. The van der Waals surface area contributed by atoms with Gasteiger partial charge in [0.1, 0.15) is 65.9 Å². The quantitative estimate of drug-likeness (QED) is 0.0739. The van der Waals surface area contributed by atoms with Gasteiger partial charge in [-0.1, -0.05) is 127 Å². The van der Waals surface area contributed by atoms with Crippen molar-refractivity contribution in [2.75, 3.05) is 26.9 Å². The first kappa shape index (κ1) is 54.8. The third-order valence-electron chi connectivity index (χ3n) is 14.8. The number of hydroxylamine groups is 2. The molecule has 0 radical (unpaired) electrons. The fourth-order valence-corrected chi connectivity index (χ4v) is 11.1. The molecule has 4 aliphatic heterocycles. The summed E-state index contributed by atoms with van der Waals surface area (Å²) in [7, 11) is 1.51. The summed E-state index contributed by atoms with van der Waals surface area (Å²) in [4.78, 5) is 67.0. The largest absolute Gasteiger partial charge is 0.460 e. The van der Waals surface area contributed by atoms with Crippen LogP contribution in [0.15, 0.2) is 121 Å². The molecule has 5 fully saturated rings. The Labute approximate surface area is 440 Å². The second-order valence-corrected chi connectivity index (χ2v) is 21.0. The highest BCUT2D eigenvalue weighted by Crippen LogP contribution is 2.60. The molecule has 6 N–H and O–H groups in total. The molecule has 4 saturated heterocycles. The van der Waals surface area contributed by atoms with Crippen LogP contribution in [0.1, 0.15) is 67.9 Å². The van der Waals surface area contributed by atoms with Crippen LogP contribution < -0.4 is 5.32 Å². The topological polar surface area (TPSA) is 253 Å². The molecule has 9 rings (SSSR count). The Morgan fingerprint density at radius 3 is 2.13 bits per heavy atom. The van der Waals surface area contributed by atoms with E-state index in [4.69, 9.17) is 33.3 Å². The van der Waals surface area contributed by atoms with Crippen LogP contribution in [0.5, 0.6) is 0 Å². The van der Waals surface area contributed by atoms with Crippen molar-refractivity contribution in [1.82, 2.24) is 15.3 Å². The van der Waals surface area contributed by atoms with Crippen molar-refractivity contribution in [3.8, 4) is 0 Å². The van der Waals surface area contributed by atoms with Crippen LogP contribution in [0, 0.1) is 5.41 Å². The number of fused-ring (bicyclic) bond motifs is 4. The zero-order chi connectivity index (χ0) is 53.9. The van der Waals surface area contributed by atoms with Gasteiger partial charge in [-0.15, -0.1) is 0 Å². The Bertz CT molecular complexity index is 2650. The predicted octanol–water partition coefficient (Wildman–Crippen LogP) is 2.67. The van der Waals surface area contributed by atoms with Gasteiger partial charge in [0, 0.05) is 37.4 Å². The summed E-state index contributed by atoms with van der Waals surface area (Å²) in [5.74, 6) is -3.96. The van der Waals surface area contributed by atoms with Gasteiger partial charge in [-0.2, -0.15) is 5.06 Å². The van der Waals surface area contributed by atoms with Crippen molar-refractivity contribution >= 4 is 29.8 Å². The SMILES string of the molecule is CN(C(=O)C12CC3OC(=O)C1N(Cc1ccccc1C=CCOC1OC(CO)C(O)C(O)C1O)OC2C1OC(c2ccccc2)(c2ccccc2)OC31)C(Cc1ccccc1)C(=O)NC(CO)CCC(=O)OC(C)(C)C. The molecule has 13 unspecified atom stereocenters. The fourth-order valence-electron chi connectivity index (χ4n) is 11.1. The molecule has 4 aromatic rings. The summed E-state index contributed by atoms with van der Waals surface area (Å²) in [6, 6.07) is 31.7. The Morgan fingerprint density at radius 2 is 1.49 bits per heavy atom. The van der Waals surface area contributed by atoms with Crippen molar-refractivity contribution in [3.63, 3.8) is 0 Å². The van der Waals surface area contributed by atoms with E-state index < -0.39 is 127 Å². The molecule has 4 aromatic carbocycles. The maximum Gasteiger partial charge on any atom is 0.327 e. The van der Waals surface area contributed by atoms with Crippen molar-refractivity contribution in [2.24, 2.45) is 5.41 Å². The zero-order valence-electron chi connectivity index (χ0n) is 42.8. The average molecular weight is 1050 g/mol. The number of aliphatic hydroxyl groups excluding tert-OH is 5. The molecule has 5 aliphatic rings. The number of rotatable bonds is 19. The van der Waals surface area contributed by atoms with Gasteiger partial charge in [-0.05, 0) is 43.9 Å². The lowest BCUT2D eigenvalue weighted by molar-refractivity contribution is -0.298. The first-order chi connectivity index (χ1) is 36.5. The minimum atomic E-state index is -1.74.